The fraction of sp³-hybridized carbons (Fsp3) is 0.231. The van der Waals surface area contributed by atoms with Crippen LogP contribution in [-0.2, 0) is 4.79 Å². The van der Waals surface area contributed by atoms with Gasteiger partial charge in [0, 0.05) is 18.1 Å². The Morgan fingerprint density at radius 1 is 1.44 bits per heavy atom. The van der Waals surface area contributed by atoms with E-state index in [4.69, 9.17) is 5.73 Å². The number of aromatic nitrogens is 2. The normalized spacial score (nSPS) is 12.1. The Labute approximate surface area is 106 Å². The van der Waals surface area contributed by atoms with E-state index in [0.717, 1.165) is 11.4 Å². The maximum atomic E-state index is 11.6. The minimum absolute atomic E-state index is 0.163. The lowest BCUT2D eigenvalue weighted by Crippen LogP contribution is -2.34. The van der Waals surface area contributed by atoms with Gasteiger partial charge in [0.15, 0.2) is 0 Å². The first-order chi connectivity index (χ1) is 8.70. The van der Waals surface area contributed by atoms with Crippen LogP contribution in [0.15, 0.2) is 42.7 Å². The van der Waals surface area contributed by atoms with Crippen molar-refractivity contribution in [1.82, 2.24) is 9.78 Å². The third kappa shape index (κ3) is 2.75. The second-order valence-corrected chi connectivity index (χ2v) is 4.00. The van der Waals surface area contributed by atoms with E-state index in [0.29, 0.717) is 6.42 Å². The molecule has 1 aromatic heterocycles. The monoisotopic (exact) mass is 244 g/mol. The summed E-state index contributed by atoms with van der Waals surface area (Å²) in [6, 6.07) is 8.83. The number of nitrogens with one attached hydrogen (secondary N) is 1. The van der Waals surface area contributed by atoms with Gasteiger partial charge in [-0.25, -0.2) is 4.68 Å². The molecule has 1 atom stereocenters. The third-order valence-electron chi connectivity index (χ3n) is 2.68. The van der Waals surface area contributed by atoms with Crippen molar-refractivity contribution in [1.29, 1.82) is 0 Å². The molecular formula is C13H16N4O. The van der Waals surface area contributed by atoms with E-state index < -0.39 is 6.04 Å². The van der Waals surface area contributed by atoms with Crippen molar-refractivity contribution in [3.05, 3.63) is 42.7 Å². The van der Waals surface area contributed by atoms with Crippen LogP contribution in [0.1, 0.15) is 13.3 Å². The molecule has 2 rings (SSSR count). The first kappa shape index (κ1) is 12.3. The number of rotatable bonds is 4. The maximum absolute atomic E-state index is 11.6. The van der Waals surface area contributed by atoms with E-state index in [1.54, 1.807) is 10.9 Å². The molecule has 1 heterocycles. The minimum atomic E-state index is -0.462. The molecule has 3 N–H and O–H groups in total. The van der Waals surface area contributed by atoms with Crippen LogP contribution in [0.2, 0.25) is 0 Å². The van der Waals surface area contributed by atoms with Gasteiger partial charge < -0.3 is 11.1 Å². The largest absolute Gasteiger partial charge is 0.325 e. The third-order valence-corrected chi connectivity index (χ3v) is 2.68. The summed E-state index contributed by atoms with van der Waals surface area (Å²) in [5.74, 6) is -0.163. The summed E-state index contributed by atoms with van der Waals surface area (Å²) in [6.45, 7) is 1.88. The Morgan fingerprint density at radius 2 is 2.17 bits per heavy atom. The fourth-order valence-electron chi connectivity index (χ4n) is 1.54. The average Bonchev–Trinajstić information content (AvgIpc) is 2.92. The van der Waals surface area contributed by atoms with Gasteiger partial charge in [-0.3, -0.25) is 4.79 Å². The molecule has 0 aliphatic heterocycles. The van der Waals surface area contributed by atoms with Gasteiger partial charge >= 0.3 is 0 Å². The fourth-order valence-corrected chi connectivity index (χ4v) is 1.54. The Kier molecular flexibility index (Phi) is 3.74. The van der Waals surface area contributed by atoms with Gasteiger partial charge in [0.2, 0.25) is 5.91 Å². The highest BCUT2D eigenvalue weighted by atomic mass is 16.2. The van der Waals surface area contributed by atoms with Gasteiger partial charge in [-0.05, 0) is 36.8 Å². The van der Waals surface area contributed by atoms with Crippen molar-refractivity contribution in [3.63, 3.8) is 0 Å². The highest BCUT2D eigenvalue weighted by Gasteiger charge is 2.10. The average molecular weight is 244 g/mol. The summed E-state index contributed by atoms with van der Waals surface area (Å²) >= 11 is 0. The predicted octanol–water partition coefficient (Wildman–Crippen LogP) is 1.55. The molecular weight excluding hydrogens is 228 g/mol. The molecule has 1 amide bonds. The van der Waals surface area contributed by atoms with E-state index in [-0.39, 0.29) is 5.91 Å². The molecule has 0 fully saturated rings. The number of benzene rings is 1. The number of nitrogens with zero attached hydrogens (tertiary/aromatic N) is 2. The molecule has 0 spiro atoms. The van der Waals surface area contributed by atoms with Crippen molar-refractivity contribution in [2.24, 2.45) is 5.73 Å². The van der Waals surface area contributed by atoms with E-state index in [2.05, 4.69) is 10.4 Å². The summed E-state index contributed by atoms with van der Waals surface area (Å²) in [6.07, 6.45) is 4.20. The summed E-state index contributed by atoms with van der Waals surface area (Å²) in [5.41, 5.74) is 7.32. The molecule has 0 unspecified atom stereocenters. The number of carbonyl (C=O) groups excluding carboxylic acids is 1. The van der Waals surface area contributed by atoms with Crippen LogP contribution in [0.25, 0.3) is 5.69 Å². The number of amides is 1. The van der Waals surface area contributed by atoms with E-state index in [1.807, 2.05) is 43.5 Å². The standard InChI is InChI=1S/C13H16N4O/c1-2-12(14)13(18)16-10-4-6-11(7-5-10)17-9-3-8-15-17/h3-9,12H,2,14H2,1H3,(H,16,18)/t12-/m0/s1. The lowest BCUT2D eigenvalue weighted by Gasteiger charge is -2.10. The first-order valence-corrected chi connectivity index (χ1v) is 5.87. The summed E-state index contributed by atoms with van der Waals surface area (Å²) in [4.78, 5) is 11.6. The summed E-state index contributed by atoms with van der Waals surface area (Å²) < 4.78 is 1.75. The minimum Gasteiger partial charge on any atom is -0.325 e. The number of hydrogen-bond acceptors (Lipinski definition) is 3. The number of carbonyl (C=O) groups is 1. The zero-order chi connectivity index (χ0) is 13.0. The highest BCUT2D eigenvalue weighted by molar-refractivity contribution is 5.94. The molecule has 5 nitrogen and oxygen atoms in total. The van der Waals surface area contributed by atoms with Crippen LogP contribution in [0.5, 0.6) is 0 Å². The van der Waals surface area contributed by atoms with Crippen LogP contribution < -0.4 is 11.1 Å². The first-order valence-electron chi connectivity index (χ1n) is 5.87. The molecule has 2 aromatic rings. The van der Waals surface area contributed by atoms with Gasteiger partial charge in [0.05, 0.1) is 11.7 Å². The van der Waals surface area contributed by atoms with Gasteiger partial charge in [-0.15, -0.1) is 0 Å². The molecule has 0 aliphatic rings. The SMILES string of the molecule is CC[C@H](N)C(=O)Nc1ccc(-n2cccn2)cc1. The van der Waals surface area contributed by atoms with Crippen molar-refractivity contribution in [2.45, 2.75) is 19.4 Å². The predicted molar refractivity (Wildman–Crippen MR) is 70.5 cm³/mol. The lowest BCUT2D eigenvalue weighted by atomic mass is 10.2. The van der Waals surface area contributed by atoms with Crippen LogP contribution in [0.4, 0.5) is 5.69 Å². The Morgan fingerprint density at radius 3 is 2.72 bits per heavy atom. The Balaban J connectivity index is 2.06. The number of hydrogen-bond donors (Lipinski definition) is 2. The molecule has 18 heavy (non-hydrogen) atoms. The van der Waals surface area contributed by atoms with E-state index >= 15 is 0 Å². The van der Waals surface area contributed by atoms with E-state index in [9.17, 15) is 4.79 Å². The quantitative estimate of drug-likeness (QED) is 0.857. The molecule has 94 valence electrons. The van der Waals surface area contributed by atoms with Gasteiger partial charge in [0.1, 0.15) is 0 Å². The highest BCUT2D eigenvalue weighted by Crippen LogP contribution is 2.12. The summed E-state index contributed by atoms with van der Waals surface area (Å²) in [7, 11) is 0. The Bertz CT molecular complexity index is 504. The molecule has 1 aromatic carbocycles. The van der Waals surface area contributed by atoms with Crippen LogP contribution in [0, 0.1) is 0 Å². The second kappa shape index (κ2) is 5.46. The molecule has 0 saturated heterocycles. The van der Waals surface area contributed by atoms with E-state index in [1.165, 1.54) is 0 Å². The van der Waals surface area contributed by atoms with Crippen molar-refractivity contribution in [2.75, 3.05) is 5.32 Å². The molecule has 0 aliphatic carbocycles. The van der Waals surface area contributed by atoms with Crippen molar-refractivity contribution < 1.29 is 4.79 Å². The van der Waals surface area contributed by atoms with Gasteiger partial charge in [-0.1, -0.05) is 6.92 Å². The van der Waals surface area contributed by atoms with Crippen LogP contribution in [-0.4, -0.2) is 21.7 Å². The zero-order valence-corrected chi connectivity index (χ0v) is 10.2. The van der Waals surface area contributed by atoms with Gasteiger partial charge in [-0.2, -0.15) is 5.10 Å². The maximum Gasteiger partial charge on any atom is 0.241 e. The zero-order valence-electron chi connectivity index (χ0n) is 10.2. The van der Waals surface area contributed by atoms with Crippen molar-refractivity contribution in [3.8, 4) is 5.69 Å². The molecule has 0 radical (unpaired) electrons. The smallest absolute Gasteiger partial charge is 0.241 e. The van der Waals surface area contributed by atoms with Crippen LogP contribution >= 0.6 is 0 Å². The molecule has 5 heteroatoms. The van der Waals surface area contributed by atoms with Crippen LogP contribution in [0.3, 0.4) is 0 Å². The van der Waals surface area contributed by atoms with Gasteiger partial charge in [0.25, 0.3) is 0 Å². The van der Waals surface area contributed by atoms with Crippen molar-refractivity contribution >= 4 is 11.6 Å². The summed E-state index contributed by atoms with van der Waals surface area (Å²) in [5, 5.41) is 6.90. The molecule has 0 saturated carbocycles. The molecule has 0 bridgehead atoms. The number of nitrogens with two attached hydrogens (primary N) is 1. The second-order valence-electron chi connectivity index (χ2n) is 4.00. The lowest BCUT2D eigenvalue weighted by molar-refractivity contribution is -0.117. The Hall–Kier alpha value is -2.14. The topological polar surface area (TPSA) is 72.9 Å². The number of anilines is 1.